The molecule has 1 aromatic rings. The lowest BCUT2D eigenvalue weighted by Gasteiger charge is -2.22. The topological polar surface area (TPSA) is 36.9 Å². The third kappa shape index (κ3) is 3.34. The van der Waals surface area contributed by atoms with Gasteiger partial charge in [-0.05, 0) is 37.4 Å². The highest BCUT2D eigenvalue weighted by molar-refractivity contribution is 5.57. The number of nitrogens with one attached hydrogen (secondary N) is 1. The van der Waals surface area contributed by atoms with Crippen LogP contribution in [0.3, 0.4) is 0 Å². The second kappa shape index (κ2) is 6.21. The number of nitrogens with zero attached hydrogens (tertiary/aromatic N) is 2. The zero-order valence-electron chi connectivity index (χ0n) is 10.6. The predicted octanol–water partition coefficient (Wildman–Crippen LogP) is 2.50. The highest BCUT2D eigenvalue weighted by atomic mass is 16.5. The summed E-state index contributed by atoms with van der Waals surface area (Å²) in [6, 6.07) is 8.25. The first-order valence-electron chi connectivity index (χ1n) is 6.15. The van der Waals surface area contributed by atoms with E-state index in [1.54, 1.807) is 0 Å². The van der Waals surface area contributed by atoms with Crippen molar-refractivity contribution in [1.29, 1.82) is 0 Å². The van der Waals surface area contributed by atoms with Crippen LogP contribution in [0, 0.1) is 0 Å². The Morgan fingerprint density at radius 1 is 1.22 bits per heavy atom. The van der Waals surface area contributed by atoms with Crippen LogP contribution in [0.25, 0.3) is 0 Å². The average Bonchev–Trinajstić information content (AvgIpc) is 2.68. The van der Waals surface area contributed by atoms with Gasteiger partial charge in [0.25, 0.3) is 0 Å². The summed E-state index contributed by atoms with van der Waals surface area (Å²) < 4.78 is 5.45. The van der Waals surface area contributed by atoms with Gasteiger partial charge in [-0.3, -0.25) is 0 Å². The van der Waals surface area contributed by atoms with Gasteiger partial charge < -0.3 is 15.0 Å². The maximum absolute atomic E-state index is 5.45. The predicted molar refractivity (Wildman–Crippen MR) is 76.4 cm³/mol. The van der Waals surface area contributed by atoms with Crippen molar-refractivity contribution in [3.63, 3.8) is 0 Å². The molecule has 1 saturated heterocycles. The summed E-state index contributed by atoms with van der Waals surface area (Å²) in [6.45, 7) is 10.8. The normalized spacial score (nSPS) is 15.9. The van der Waals surface area contributed by atoms with E-state index in [9.17, 15) is 0 Å². The van der Waals surface area contributed by atoms with E-state index in [4.69, 9.17) is 4.74 Å². The number of rotatable bonds is 4. The van der Waals surface area contributed by atoms with E-state index in [1.165, 1.54) is 5.69 Å². The van der Waals surface area contributed by atoms with E-state index in [2.05, 4.69) is 40.6 Å². The van der Waals surface area contributed by atoms with E-state index < -0.39 is 0 Å². The average molecular weight is 245 g/mol. The number of aliphatic imine (C=N–C) groups is 1. The first-order valence-corrected chi connectivity index (χ1v) is 6.15. The van der Waals surface area contributed by atoms with Gasteiger partial charge in [0.2, 0.25) is 0 Å². The highest BCUT2D eigenvalue weighted by Gasteiger charge is 2.09. The molecule has 0 unspecified atom stereocenters. The molecule has 0 spiro atoms. The maximum Gasteiger partial charge on any atom is 0.122 e. The van der Waals surface area contributed by atoms with Crippen molar-refractivity contribution in [3.8, 4) is 0 Å². The Kier molecular flexibility index (Phi) is 4.36. The van der Waals surface area contributed by atoms with Crippen LogP contribution >= 0.6 is 0 Å². The van der Waals surface area contributed by atoms with Gasteiger partial charge >= 0.3 is 0 Å². The summed E-state index contributed by atoms with van der Waals surface area (Å²) in [4.78, 5) is 6.07. The molecule has 0 atom stereocenters. The van der Waals surface area contributed by atoms with Crippen LogP contribution in [0.5, 0.6) is 0 Å². The Morgan fingerprint density at radius 2 is 2.00 bits per heavy atom. The summed E-state index contributed by atoms with van der Waals surface area (Å²) in [5, 5.41) is 3.07. The Balaban J connectivity index is 2.01. The zero-order valence-corrected chi connectivity index (χ0v) is 10.6. The van der Waals surface area contributed by atoms with Crippen LogP contribution in [0.15, 0.2) is 41.7 Å². The Hall–Kier alpha value is -1.81. The molecule has 1 heterocycles. The zero-order chi connectivity index (χ0) is 12.8. The van der Waals surface area contributed by atoms with Gasteiger partial charge in [-0.25, -0.2) is 4.99 Å². The van der Waals surface area contributed by atoms with E-state index >= 15 is 0 Å². The lowest BCUT2D eigenvalue weighted by molar-refractivity contribution is 0.152. The number of hydrogen-bond donors (Lipinski definition) is 1. The first-order chi connectivity index (χ1) is 8.79. The molecule has 4 heteroatoms. The fourth-order valence-electron chi connectivity index (χ4n) is 1.97. The maximum atomic E-state index is 5.45. The summed E-state index contributed by atoms with van der Waals surface area (Å²) in [6.07, 6.45) is 1.08. The molecule has 1 fully saturated rings. The molecule has 96 valence electrons. The van der Waals surface area contributed by atoms with Gasteiger partial charge in [0, 0.05) is 31.1 Å². The minimum Gasteiger partial charge on any atom is -0.380 e. The SMILES string of the molecule is C=NC(=C)Nc1ccc(N2CCCOCC2)cc1. The van der Waals surface area contributed by atoms with Gasteiger partial charge in [-0.1, -0.05) is 6.58 Å². The molecule has 0 aromatic heterocycles. The molecule has 0 amide bonds. The minimum absolute atomic E-state index is 0.561. The number of anilines is 2. The molecule has 0 saturated carbocycles. The largest absolute Gasteiger partial charge is 0.380 e. The van der Waals surface area contributed by atoms with Crippen LogP contribution in [0.2, 0.25) is 0 Å². The molecule has 1 aromatic carbocycles. The fourth-order valence-corrected chi connectivity index (χ4v) is 1.97. The molecule has 2 rings (SSSR count). The van der Waals surface area contributed by atoms with Crippen LogP contribution in [0.4, 0.5) is 11.4 Å². The molecule has 1 aliphatic heterocycles. The monoisotopic (exact) mass is 245 g/mol. The lowest BCUT2D eigenvalue weighted by atomic mass is 10.2. The summed E-state index contributed by atoms with van der Waals surface area (Å²) in [5.41, 5.74) is 2.20. The van der Waals surface area contributed by atoms with E-state index in [0.29, 0.717) is 5.82 Å². The van der Waals surface area contributed by atoms with E-state index in [-0.39, 0.29) is 0 Å². The second-order valence-electron chi connectivity index (χ2n) is 4.23. The Morgan fingerprint density at radius 3 is 2.72 bits per heavy atom. The van der Waals surface area contributed by atoms with E-state index in [0.717, 1.165) is 38.4 Å². The van der Waals surface area contributed by atoms with Gasteiger partial charge in [-0.15, -0.1) is 0 Å². The first kappa shape index (κ1) is 12.6. The molecule has 1 N–H and O–H groups in total. The fraction of sp³-hybridized carbons (Fsp3) is 0.357. The Labute approximate surface area is 108 Å². The van der Waals surface area contributed by atoms with Crippen molar-refractivity contribution in [2.45, 2.75) is 6.42 Å². The van der Waals surface area contributed by atoms with Gasteiger partial charge in [0.05, 0.1) is 6.61 Å². The summed E-state index contributed by atoms with van der Waals surface area (Å²) in [7, 11) is 0. The van der Waals surface area contributed by atoms with Gasteiger partial charge in [0.1, 0.15) is 5.82 Å². The standard InChI is InChI=1S/C14H19N3O/c1-12(15-2)16-13-4-6-14(7-5-13)17-8-3-10-18-11-9-17/h4-7,16H,1-3,8-11H2. The van der Waals surface area contributed by atoms with Crippen molar-refractivity contribution in [1.82, 2.24) is 0 Å². The molecule has 4 nitrogen and oxygen atoms in total. The summed E-state index contributed by atoms with van der Waals surface area (Å²) in [5.74, 6) is 0.561. The molecular weight excluding hydrogens is 226 g/mol. The molecular formula is C14H19N3O. The molecule has 1 aliphatic rings. The van der Waals surface area contributed by atoms with Crippen LogP contribution in [0.1, 0.15) is 6.42 Å². The number of hydrogen-bond acceptors (Lipinski definition) is 4. The van der Waals surface area contributed by atoms with Crippen LogP contribution in [-0.4, -0.2) is 33.0 Å². The summed E-state index contributed by atoms with van der Waals surface area (Å²) >= 11 is 0. The van der Waals surface area contributed by atoms with Gasteiger partial charge in [-0.2, -0.15) is 0 Å². The highest BCUT2D eigenvalue weighted by Crippen LogP contribution is 2.19. The molecule has 0 radical (unpaired) electrons. The third-order valence-corrected chi connectivity index (χ3v) is 2.93. The molecule has 18 heavy (non-hydrogen) atoms. The lowest BCUT2D eigenvalue weighted by Crippen LogP contribution is -2.25. The van der Waals surface area contributed by atoms with E-state index in [1.807, 2.05) is 12.1 Å². The van der Waals surface area contributed by atoms with Crippen molar-refractivity contribution in [2.75, 3.05) is 36.5 Å². The van der Waals surface area contributed by atoms with Crippen LogP contribution in [-0.2, 0) is 4.74 Å². The second-order valence-corrected chi connectivity index (χ2v) is 4.23. The quantitative estimate of drug-likeness (QED) is 0.828. The number of benzene rings is 1. The number of ether oxygens (including phenoxy) is 1. The van der Waals surface area contributed by atoms with Crippen molar-refractivity contribution in [2.24, 2.45) is 4.99 Å². The van der Waals surface area contributed by atoms with Crippen molar-refractivity contribution >= 4 is 18.1 Å². The van der Waals surface area contributed by atoms with Crippen molar-refractivity contribution in [3.05, 3.63) is 36.7 Å². The van der Waals surface area contributed by atoms with Crippen molar-refractivity contribution < 1.29 is 4.74 Å². The third-order valence-electron chi connectivity index (χ3n) is 2.93. The van der Waals surface area contributed by atoms with Crippen LogP contribution < -0.4 is 10.2 Å². The minimum atomic E-state index is 0.561. The van der Waals surface area contributed by atoms with Gasteiger partial charge in [0.15, 0.2) is 0 Å². The Bertz CT molecular complexity index is 406. The molecule has 0 aliphatic carbocycles. The smallest absolute Gasteiger partial charge is 0.122 e. The molecule has 0 bridgehead atoms.